The molecule has 1 aromatic heterocycles. The van der Waals surface area contributed by atoms with Crippen LogP contribution in [0, 0.1) is 10.1 Å². The van der Waals surface area contributed by atoms with E-state index in [1.165, 1.54) is 12.1 Å². The Morgan fingerprint density at radius 3 is 2.55 bits per heavy atom. The topological polar surface area (TPSA) is 102 Å². The molecule has 0 N–H and O–H groups in total. The average Bonchev–Trinajstić information content (AvgIpc) is 3.27. The molecule has 160 valence electrons. The minimum Gasteiger partial charge on any atom is -0.339 e. The molecule has 0 radical (unpaired) electrons. The van der Waals surface area contributed by atoms with Crippen molar-refractivity contribution in [3.05, 3.63) is 82.2 Å². The molecular weight excluding hydrogens is 396 g/mol. The SMILES string of the molecule is CC[C@@H](C)N(CCc1nc(-c2ccc([N+](=O)[O-])cc2)no1)C(=O)/C=C/c1ccccc1. The first kappa shape index (κ1) is 21.9. The number of rotatable bonds is 9. The van der Waals surface area contributed by atoms with E-state index in [0.29, 0.717) is 30.2 Å². The Morgan fingerprint density at radius 1 is 1.19 bits per heavy atom. The second kappa shape index (κ2) is 10.3. The summed E-state index contributed by atoms with van der Waals surface area (Å²) < 4.78 is 5.32. The van der Waals surface area contributed by atoms with Gasteiger partial charge in [-0.15, -0.1) is 0 Å². The summed E-state index contributed by atoms with van der Waals surface area (Å²) in [6.45, 7) is 4.48. The van der Waals surface area contributed by atoms with Gasteiger partial charge >= 0.3 is 0 Å². The number of carbonyl (C=O) groups excluding carboxylic acids is 1. The zero-order valence-corrected chi connectivity index (χ0v) is 17.5. The third-order valence-corrected chi connectivity index (χ3v) is 4.99. The third kappa shape index (κ3) is 5.85. The second-order valence-corrected chi connectivity index (χ2v) is 7.10. The summed E-state index contributed by atoms with van der Waals surface area (Å²) >= 11 is 0. The zero-order chi connectivity index (χ0) is 22.2. The molecule has 0 aliphatic carbocycles. The maximum absolute atomic E-state index is 12.8. The number of aromatic nitrogens is 2. The molecule has 0 bridgehead atoms. The van der Waals surface area contributed by atoms with E-state index < -0.39 is 4.92 Å². The van der Waals surface area contributed by atoms with Crippen LogP contribution in [0.1, 0.15) is 31.7 Å². The lowest BCUT2D eigenvalue weighted by atomic mass is 10.1. The van der Waals surface area contributed by atoms with Gasteiger partial charge in [0.25, 0.3) is 5.69 Å². The highest BCUT2D eigenvalue weighted by Gasteiger charge is 2.18. The van der Waals surface area contributed by atoms with Crippen LogP contribution in [0.5, 0.6) is 0 Å². The van der Waals surface area contributed by atoms with E-state index in [1.54, 1.807) is 29.2 Å². The molecule has 3 rings (SSSR count). The van der Waals surface area contributed by atoms with Crippen LogP contribution in [0.4, 0.5) is 5.69 Å². The van der Waals surface area contributed by atoms with Crippen LogP contribution in [0.3, 0.4) is 0 Å². The number of nitro groups is 1. The molecule has 1 atom stereocenters. The van der Waals surface area contributed by atoms with E-state index >= 15 is 0 Å². The standard InChI is InChI=1S/C23H24N4O4/c1-3-17(2)26(22(28)14-9-18-7-5-4-6-8-18)16-15-21-24-23(25-31-21)19-10-12-20(13-11-19)27(29)30/h4-14,17H,3,15-16H2,1-2H3/b14-9+/t17-/m1/s1. The number of benzene rings is 2. The molecule has 0 aliphatic heterocycles. The van der Waals surface area contributed by atoms with E-state index in [2.05, 4.69) is 10.1 Å². The minimum absolute atomic E-state index is 0.00117. The summed E-state index contributed by atoms with van der Waals surface area (Å²) in [4.78, 5) is 29.2. The highest BCUT2D eigenvalue weighted by atomic mass is 16.6. The molecule has 3 aromatic rings. The Morgan fingerprint density at radius 2 is 1.90 bits per heavy atom. The van der Waals surface area contributed by atoms with E-state index in [-0.39, 0.29) is 17.6 Å². The van der Waals surface area contributed by atoms with Crippen LogP contribution in [-0.4, -0.2) is 38.5 Å². The lowest BCUT2D eigenvalue weighted by Crippen LogP contribution is -2.38. The molecule has 0 aliphatic rings. The second-order valence-electron chi connectivity index (χ2n) is 7.10. The van der Waals surface area contributed by atoms with Gasteiger partial charge in [0.15, 0.2) is 0 Å². The van der Waals surface area contributed by atoms with Gasteiger partial charge in [-0.3, -0.25) is 14.9 Å². The number of hydrogen-bond acceptors (Lipinski definition) is 6. The monoisotopic (exact) mass is 420 g/mol. The number of amides is 1. The largest absolute Gasteiger partial charge is 0.339 e. The van der Waals surface area contributed by atoms with Crippen LogP contribution in [-0.2, 0) is 11.2 Å². The van der Waals surface area contributed by atoms with Crippen molar-refractivity contribution in [2.75, 3.05) is 6.54 Å². The zero-order valence-electron chi connectivity index (χ0n) is 17.5. The van der Waals surface area contributed by atoms with E-state index in [1.807, 2.05) is 44.2 Å². The Bertz CT molecular complexity index is 1040. The van der Waals surface area contributed by atoms with E-state index in [0.717, 1.165) is 12.0 Å². The van der Waals surface area contributed by atoms with Crippen molar-refractivity contribution in [3.8, 4) is 11.4 Å². The van der Waals surface area contributed by atoms with Gasteiger partial charge < -0.3 is 9.42 Å². The first-order valence-electron chi connectivity index (χ1n) is 10.1. The maximum Gasteiger partial charge on any atom is 0.269 e. The smallest absolute Gasteiger partial charge is 0.269 e. The Kier molecular flexibility index (Phi) is 7.26. The molecule has 2 aromatic carbocycles. The van der Waals surface area contributed by atoms with Gasteiger partial charge in [-0.2, -0.15) is 4.98 Å². The summed E-state index contributed by atoms with van der Waals surface area (Å²) in [6.07, 6.45) is 4.62. The average molecular weight is 420 g/mol. The van der Waals surface area contributed by atoms with E-state index in [4.69, 9.17) is 4.52 Å². The van der Waals surface area contributed by atoms with Gasteiger partial charge in [0.1, 0.15) is 0 Å². The maximum atomic E-state index is 12.8. The molecular formula is C23H24N4O4. The van der Waals surface area contributed by atoms with Crippen molar-refractivity contribution in [2.45, 2.75) is 32.7 Å². The quantitative estimate of drug-likeness (QED) is 0.286. The van der Waals surface area contributed by atoms with Crippen LogP contribution in [0.15, 0.2) is 65.2 Å². The fourth-order valence-corrected chi connectivity index (χ4v) is 3.02. The molecule has 8 nitrogen and oxygen atoms in total. The van der Waals surface area contributed by atoms with Gasteiger partial charge in [-0.05, 0) is 37.1 Å². The molecule has 0 spiro atoms. The molecule has 0 unspecified atom stereocenters. The summed E-state index contributed by atoms with van der Waals surface area (Å²) in [5.41, 5.74) is 1.59. The highest BCUT2D eigenvalue weighted by Crippen LogP contribution is 2.20. The molecule has 0 saturated heterocycles. The summed E-state index contributed by atoms with van der Waals surface area (Å²) in [6, 6.07) is 15.7. The first-order chi connectivity index (χ1) is 15.0. The highest BCUT2D eigenvalue weighted by molar-refractivity contribution is 5.92. The number of nitrogens with zero attached hydrogens (tertiary/aromatic N) is 4. The fourth-order valence-electron chi connectivity index (χ4n) is 3.02. The molecule has 1 heterocycles. The van der Waals surface area contributed by atoms with Crippen molar-refractivity contribution in [2.24, 2.45) is 0 Å². The Labute approximate surface area is 180 Å². The van der Waals surface area contributed by atoms with Crippen LogP contribution < -0.4 is 0 Å². The Hall–Kier alpha value is -3.81. The number of nitro benzene ring substituents is 1. The molecule has 8 heteroatoms. The van der Waals surface area contributed by atoms with Crippen molar-refractivity contribution < 1.29 is 14.2 Å². The van der Waals surface area contributed by atoms with Crippen LogP contribution in [0.2, 0.25) is 0 Å². The van der Waals surface area contributed by atoms with Gasteiger partial charge in [-0.25, -0.2) is 0 Å². The minimum atomic E-state index is -0.460. The van der Waals surface area contributed by atoms with Crippen LogP contribution in [0.25, 0.3) is 17.5 Å². The fraction of sp³-hybridized carbons (Fsp3) is 0.261. The predicted octanol–water partition coefficient (Wildman–Crippen LogP) is 4.53. The lowest BCUT2D eigenvalue weighted by Gasteiger charge is -2.27. The normalized spacial score (nSPS) is 12.1. The van der Waals surface area contributed by atoms with Crippen LogP contribution >= 0.6 is 0 Å². The molecule has 31 heavy (non-hydrogen) atoms. The van der Waals surface area contributed by atoms with Gasteiger partial charge in [0.2, 0.25) is 17.6 Å². The number of non-ortho nitro benzene ring substituents is 1. The molecule has 0 fully saturated rings. The predicted molar refractivity (Wildman–Crippen MR) is 117 cm³/mol. The summed E-state index contributed by atoms with van der Waals surface area (Å²) in [7, 11) is 0. The van der Waals surface area contributed by atoms with E-state index in [9.17, 15) is 14.9 Å². The van der Waals surface area contributed by atoms with Gasteiger partial charge in [0, 0.05) is 42.8 Å². The first-order valence-corrected chi connectivity index (χ1v) is 10.1. The number of carbonyl (C=O) groups is 1. The molecule has 0 saturated carbocycles. The van der Waals surface area contributed by atoms with Crippen molar-refractivity contribution in [3.63, 3.8) is 0 Å². The van der Waals surface area contributed by atoms with Crippen molar-refractivity contribution >= 4 is 17.7 Å². The van der Waals surface area contributed by atoms with Gasteiger partial charge in [-0.1, -0.05) is 42.4 Å². The lowest BCUT2D eigenvalue weighted by molar-refractivity contribution is -0.384. The molecule has 1 amide bonds. The van der Waals surface area contributed by atoms with Crippen molar-refractivity contribution in [1.29, 1.82) is 0 Å². The number of hydrogen-bond donors (Lipinski definition) is 0. The van der Waals surface area contributed by atoms with Crippen molar-refractivity contribution in [1.82, 2.24) is 15.0 Å². The summed E-state index contributed by atoms with van der Waals surface area (Å²) in [5, 5.41) is 14.7. The third-order valence-electron chi connectivity index (χ3n) is 4.99. The van der Waals surface area contributed by atoms with Gasteiger partial charge in [0.05, 0.1) is 4.92 Å². The summed E-state index contributed by atoms with van der Waals surface area (Å²) in [5.74, 6) is 0.685. The Balaban J connectivity index is 1.66.